The van der Waals surface area contributed by atoms with Crippen molar-refractivity contribution in [2.24, 2.45) is 5.41 Å². The van der Waals surface area contributed by atoms with E-state index in [2.05, 4.69) is 5.32 Å². The maximum atomic E-state index is 13.4. The zero-order chi connectivity index (χ0) is 15.3. The highest BCUT2D eigenvalue weighted by molar-refractivity contribution is 5.89. The van der Waals surface area contributed by atoms with E-state index in [0.29, 0.717) is 11.3 Å². The fourth-order valence-electron chi connectivity index (χ4n) is 1.68. The molecular formula is C14H21FN2O3. The summed E-state index contributed by atoms with van der Waals surface area (Å²) in [5.74, 6) is -0.388. The van der Waals surface area contributed by atoms with Crippen LogP contribution in [-0.4, -0.2) is 48.0 Å². The highest BCUT2D eigenvalue weighted by Crippen LogP contribution is 2.17. The molecule has 0 aliphatic rings. The van der Waals surface area contributed by atoms with Crippen LogP contribution in [0.2, 0.25) is 0 Å². The number of halogens is 1. The summed E-state index contributed by atoms with van der Waals surface area (Å²) in [6.07, 6.45) is 0. The first-order valence-corrected chi connectivity index (χ1v) is 6.31. The number of carbonyl (C=O) groups is 1. The topological polar surface area (TPSA) is 72.8 Å². The Bertz CT molecular complexity index is 475. The number of hydrogen-bond donors (Lipinski definition) is 3. The Morgan fingerprint density at radius 1 is 1.40 bits per heavy atom. The Hall–Kier alpha value is -1.66. The molecule has 1 rings (SSSR count). The number of aryl methyl sites for hydroxylation is 1. The van der Waals surface area contributed by atoms with E-state index in [9.17, 15) is 19.4 Å². The number of rotatable bonds is 5. The second-order valence-electron chi connectivity index (χ2n) is 5.38. The second kappa shape index (κ2) is 6.67. The number of hydrogen-bond acceptors (Lipinski definition) is 3. The third-order valence-corrected chi connectivity index (χ3v) is 3.15. The van der Waals surface area contributed by atoms with Crippen LogP contribution in [0, 0.1) is 18.2 Å². The third-order valence-electron chi connectivity index (χ3n) is 3.15. The molecule has 3 N–H and O–H groups in total. The van der Waals surface area contributed by atoms with Gasteiger partial charge in [0.1, 0.15) is 5.82 Å². The normalized spacial score (nSPS) is 11.3. The van der Waals surface area contributed by atoms with E-state index in [1.807, 2.05) is 0 Å². The molecule has 0 bridgehead atoms. The Balaban J connectivity index is 2.68. The lowest BCUT2D eigenvalue weighted by Crippen LogP contribution is -2.43. The lowest BCUT2D eigenvalue weighted by Gasteiger charge is -2.30. The van der Waals surface area contributed by atoms with Crippen molar-refractivity contribution in [2.75, 3.05) is 32.1 Å². The van der Waals surface area contributed by atoms with Gasteiger partial charge >= 0.3 is 6.03 Å². The van der Waals surface area contributed by atoms with Gasteiger partial charge in [-0.2, -0.15) is 0 Å². The zero-order valence-electron chi connectivity index (χ0n) is 12.0. The van der Waals surface area contributed by atoms with Crippen molar-refractivity contribution in [2.45, 2.75) is 13.8 Å². The molecule has 0 aromatic heterocycles. The molecule has 1 aromatic rings. The van der Waals surface area contributed by atoms with Crippen molar-refractivity contribution in [1.82, 2.24) is 4.90 Å². The van der Waals surface area contributed by atoms with Crippen molar-refractivity contribution in [3.8, 4) is 0 Å². The maximum absolute atomic E-state index is 13.4. The van der Waals surface area contributed by atoms with Crippen LogP contribution in [0.3, 0.4) is 0 Å². The molecule has 20 heavy (non-hydrogen) atoms. The molecule has 0 unspecified atom stereocenters. The molecule has 0 atom stereocenters. The minimum atomic E-state index is -0.773. The van der Waals surface area contributed by atoms with Gasteiger partial charge in [0.25, 0.3) is 0 Å². The highest BCUT2D eigenvalue weighted by Gasteiger charge is 2.26. The Morgan fingerprint density at radius 3 is 2.50 bits per heavy atom. The van der Waals surface area contributed by atoms with Crippen molar-refractivity contribution in [1.29, 1.82) is 0 Å². The second-order valence-corrected chi connectivity index (χ2v) is 5.38. The molecule has 5 nitrogen and oxygen atoms in total. The van der Waals surface area contributed by atoms with E-state index in [-0.39, 0.29) is 25.6 Å². The predicted octanol–water partition coefficient (Wildman–Crippen LogP) is 1.59. The number of anilines is 1. The molecule has 6 heteroatoms. The number of carbonyl (C=O) groups excluding carboxylic acids is 1. The van der Waals surface area contributed by atoms with E-state index >= 15 is 0 Å². The van der Waals surface area contributed by atoms with E-state index < -0.39 is 11.4 Å². The minimum Gasteiger partial charge on any atom is -0.396 e. The number of amides is 2. The molecule has 0 saturated heterocycles. The van der Waals surface area contributed by atoms with Crippen LogP contribution in [-0.2, 0) is 0 Å². The van der Waals surface area contributed by atoms with Gasteiger partial charge < -0.3 is 20.4 Å². The average Bonchev–Trinajstić information content (AvgIpc) is 2.42. The van der Waals surface area contributed by atoms with Gasteiger partial charge in [-0.15, -0.1) is 0 Å². The van der Waals surface area contributed by atoms with Gasteiger partial charge in [0.2, 0.25) is 0 Å². The van der Waals surface area contributed by atoms with Gasteiger partial charge in [0, 0.05) is 24.7 Å². The van der Waals surface area contributed by atoms with Crippen LogP contribution in [0.4, 0.5) is 14.9 Å². The van der Waals surface area contributed by atoms with E-state index in [0.717, 1.165) is 0 Å². The molecule has 0 heterocycles. The molecule has 112 valence electrons. The van der Waals surface area contributed by atoms with Crippen molar-refractivity contribution >= 4 is 11.7 Å². The third kappa shape index (κ3) is 4.18. The van der Waals surface area contributed by atoms with Crippen LogP contribution in [0.5, 0.6) is 0 Å². The summed E-state index contributed by atoms with van der Waals surface area (Å²) in [4.78, 5) is 13.3. The van der Waals surface area contributed by atoms with Crippen molar-refractivity contribution in [3.05, 3.63) is 29.6 Å². The molecule has 0 saturated carbocycles. The van der Waals surface area contributed by atoms with E-state index in [1.54, 1.807) is 33.0 Å². The number of nitrogens with one attached hydrogen (secondary N) is 1. The average molecular weight is 284 g/mol. The summed E-state index contributed by atoms with van der Waals surface area (Å²) >= 11 is 0. The minimum absolute atomic E-state index is 0.181. The quantitative estimate of drug-likeness (QED) is 0.769. The first-order valence-electron chi connectivity index (χ1n) is 6.31. The molecule has 2 amide bonds. The molecular weight excluding hydrogens is 263 g/mol. The predicted molar refractivity (Wildman–Crippen MR) is 75.1 cm³/mol. The first-order chi connectivity index (χ1) is 9.31. The van der Waals surface area contributed by atoms with Crippen molar-refractivity contribution < 1.29 is 19.4 Å². The van der Waals surface area contributed by atoms with Crippen LogP contribution in [0.25, 0.3) is 0 Å². The summed E-state index contributed by atoms with van der Waals surface area (Å²) in [6, 6.07) is 4.01. The molecule has 0 aliphatic heterocycles. The van der Waals surface area contributed by atoms with Crippen molar-refractivity contribution in [3.63, 3.8) is 0 Å². The van der Waals surface area contributed by atoms with Gasteiger partial charge in [-0.25, -0.2) is 9.18 Å². The zero-order valence-corrected chi connectivity index (χ0v) is 12.0. The summed E-state index contributed by atoms with van der Waals surface area (Å²) in [6.45, 7) is 3.02. The standard InChI is InChI=1S/C14H21FN2O3/c1-10-4-5-11(6-12(10)15)16-13(20)17(3)7-14(2,8-18)9-19/h4-6,18-19H,7-9H2,1-3H3,(H,16,20). The summed E-state index contributed by atoms with van der Waals surface area (Å²) in [7, 11) is 1.55. The summed E-state index contributed by atoms with van der Waals surface area (Å²) in [5.41, 5.74) is 0.0917. The Kier molecular flexibility index (Phi) is 5.47. The Labute approximate surface area is 118 Å². The molecule has 0 spiro atoms. The Morgan fingerprint density at radius 2 is 2.00 bits per heavy atom. The number of aliphatic hydroxyl groups excluding tert-OH is 2. The molecule has 0 radical (unpaired) electrons. The van der Waals surface area contributed by atoms with E-state index in [4.69, 9.17) is 0 Å². The SMILES string of the molecule is Cc1ccc(NC(=O)N(C)CC(C)(CO)CO)cc1F. The molecule has 0 fully saturated rings. The summed E-state index contributed by atoms with van der Waals surface area (Å²) < 4.78 is 13.4. The van der Waals surface area contributed by atoms with E-state index in [1.165, 1.54) is 11.0 Å². The maximum Gasteiger partial charge on any atom is 0.321 e. The van der Waals surface area contributed by atoms with Gasteiger partial charge in [-0.05, 0) is 24.6 Å². The fourth-order valence-corrected chi connectivity index (χ4v) is 1.68. The number of aliphatic hydroxyl groups is 2. The molecule has 0 aliphatic carbocycles. The largest absolute Gasteiger partial charge is 0.396 e. The monoisotopic (exact) mass is 284 g/mol. The summed E-state index contributed by atoms with van der Waals surface area (Å²) in [5, 5.41) is 21.0. The van der Waals surface area contributed by atoms with Gasteiger partial charge in [-0.1, -0.05) is 13.0 Å². The lowest BCUT2D eigenvalue weighted by atomic mass is 9.92. The first kappa shape index (κ1) is 16.4. The molecule has 1 aromatic carbocycles. The smallest absolute Gasteiger partial charge is 0.321 e. The van der Waals surface area contributed by atoms with Gasteiger partial charge in [-0.3, -0.25) is 0 Å². The van der Waals surface area contributed by atoms with Crippen LogP contribution in [0.1, 0.15) is 12.5 Å². The number of benzene rings is 1. The van der Waals surface area contributed by atoms with Gasteiger partial charge in [0.15, 0.2) is 0 Å². The number of urea groups is 1. The fraction of sp³-hybridized carbons (Fsp3) is 0.500. The van der Waals surface area contributed by atoms with Crippen LogP contribution in [0.15, 0.2) is 18.2 Å². The van der Waals surface area contributed by atoms with Crippen LogP contribution < -0.4 is 5.32 Å². The highest BCUT2D eigenvalue weighted by atomic mass is 19.1. The van der Waals surface area contributed by atoms with Crippen LogP contribution >= 0.6 is 0 Å². The number of nitrogens with zero attached hydrogens (tertiary/aromatic N) is 1. The van der Waals surface area contributed by atoms with Gasteiger partial charge in [0.05, 0.1) is 13.2 Å². The lowest BCUT2D eigenvalue weighted by molar-refractivity contribution is 0.0509.